The van der Waals surface area contributed by atoms with E-state index in [0.717, 1.165) is 34.1 Å². The number of esters is 1. The first-order valence-corrected chi connectivity index (χ1v) is 13.1. The zero-order valence-electron chi connectivity index (χ0n) is 21.7. The molecule has 4 rings (SSSR count). The van der Waals surface area contributed by atoms with Crippen molar-refractivity contribution < 1.29 is 24.2 Å². The molecular weight excluding hydrogens is 484 g/mol. The third-order valence-electron chi connectivity index (χ3n) is 7.01. The molecule has 9 heteroatoms. The fraction of sp³-hybridized carbons (Fsp3) is 0.414. The van der Waals surface area contributed by atoms with Crippen molar-refractivity contribution in [3.05, 3.63) is 71.4 Å². The number of rotatable bonds is 11. The number of carbonyl (C=O) groups excluding carboxylic acids is 3. The Hall–Kier alpha value is -3.69. The molecule has 0 unspecified atom stereocenters. The van der Waals surface area contributed by atoms with Crippen molar-refractivity contribution in [2.45, 2.75) is 70.4 Å². The van der Waals surface area contributed by atoms with Crippen molar-refractivity contribution in [1.82, 2.24) is 15.2 Å². The number of ether oxygens (including phenoxy) is 1. The lowest BCUT2D eigenvalue weighted by Gasteiger charge is -2.34. The monoisotopic (exact) mass is 520 g/mol. The highest BCUT2D eigenvalue weighted by Crippen LogP contribution is 2.31. The van der Waals surface area contributed by atoms with Crippen LogP contribution in [0.4, 0.5) is 0 Å². The molecule has 1 aliphatic rings. The molecular formula is C29H36N4O5. The van der Waals surface area contributed by atoms with Crippen LogP contribution >= 0.6 is 0 Å². The number of benzene rings is 2. The average Bonchev–Trinajstić information content (AvgIpc) is 3.30. The molecule has 0 fully saturated rings. The van der Waals surface area contributed by atoms with E-state index in [0.29, 0.717) is 38.8 Å². The molecule has 0 bridgehead atoms. The summed E-state index contributed by atoms with van der Waals surface area (Å²) in [6.07, 6.45) is 1.80. The quantitative estimate of drug-likeness (QED) is 0.226. The van der Waals surface area contributed by atoms with Crippen molar-refractivity contribution >= 4 is 28.7 Å². The minimum Gasteiger partial charge on any atom is -0.459 e. The molecule has 1 aliphatic heterocycles. The van der Waals surface area contributed by atoms with Gasteiger partial charge in [0.05, 0.1) is 12.6 Å². The molecule has 0 saturated heterocycles. The Morgan fingerprint density at radius 3 is 2.61 bits per heavy atom. The lowest BCUT2D eigenvalue weighted by Crippen LogP contribution is -2.49. The number of hydrogen-bond donors (Lipinski definition) is 4. The summed E-state index contributed by atoms with van der Waals surface area (Å²) in [4.78, 5) is 43.4. The van der Waals surface area contributed by atoms with Gasteiger partial charge in [-0.25, -0.2) is 4.79 Å². The molecule has 38 heavy (non-hydrogen) atoms. The standard InChI is InChI=1S/C29H36N4O5/c1-19(34)27(30)28(36)31-15-9-3-6-14-26(35)33-17-24-22(21-12-7-8-13-23(21)32-24)16-25(33)29(37)38-18-20-10-4-2-5-11-20/h2,4-5,7-8,10-13,19,25,27,32,34H,3,6,9,14-18,30H2,1H3,(H,31,36)/t19-,25+,27+/m1/s1. The van der Waals surface area contributed by atoms with Crippen LogP contribution in [0.5, 0.6) is 0 Å². The number of aliphatic hydroxyl groups is 1. The van der Waals surface area contributed by atoms with E-state index in [2.05, 4.69) is 10.3 Å². The summed E-state index contributed by atoms with van der Waals surface area (Å²) >= 11 is 0. The van der Waals surface area contributed by atoms with Crippen LogP contribution in [-0.2, 0) is 38.7 Å². The van der Waals surface area contributed by atoms with Gasteiger partial charge in [0.25, 0.3) is 0 Å². The van der Waals surface area contributed by atoms with Gasteiger partial charge in [-0.05, 0) is 37.0 Å². The van der Waals surface area contributed by atoms with Crippen LogP contribution in [0.15, 0.2) is 54.6 Å². The number of aromatic nitrogens is 1. The third kappa shape index (κ3) is 6.59. The number of amides is 2. The fourth-order valence-electron chi connectivity index (χ4n) is 4.78. The van der Waals surface area contributed by atoms with Gasteiger partial charge in [-0.1, -0.05) is 55.0 Å². The van der Waals surface area contributed by atoms with E-state index in [-0.39, 0.29) is 12.5 Å². The molecule has 3 atom stereocenters. The van der Waals surface area contributed by atoms with Gasteiger partial charge in [0.1, 0.15) is 18.7 Å². The maximum absolute atomic E-state index is 13.3. The van der Waals surface area contributed by atoms with Crippen LogP contribution in [0.2, 0.25) is 0 Å². The second-order valence-corrected chi connectivity index (χ2v) is 9.83. The molecule has 0 radical (unpaired) electrons. The summed E-state index contributed by atoms with van der Waals surface area (Å²) in [5, 5.41) is 13.2. The molecule has 2 aromatic carbocycles. The Kier molecular flexibility index (Phi) is 9.15. The molecule has 0 saturated carbocycles. The molecule has 1 aromatic heterocycles. The van der Waals surface area contributed by atoms with Gasteiger partial charge >= 0.3 is 5.97 Å². The predicted molar refractivity (Wildman–Crippen MR) is 144 cm³/mol. The van der Waals surface area contributed by atoms with Gasteiger partial charge in [0, 0.05) is 36.0 Å². The van der Waals surface area contributed by atoms with Gasteiger partial charge in [0.2, 0.25) is 11.8 Å². The smallest absolute Gasteiger partial charge is 0.329 e. The second kappa shape index (κ2) is 12.7. The average molecular weight is 521 g/mol. The van der Waals surface area contributed by atoms with E-state index < -0.39 is 30.1 Å². The highest BCUT2D eigenvalue weighted by Gasteiger charge is 2.37. The Morgan fingerprint density at radius 2 is 1.84 bits per heavy atom. The zero-order valence-corrected chi connectivity index (χ0v) is 21.7. The first-order valence-electron chi connectivity index (χ1n) is 13.1. The van der Waals surface area contributed by atoms with E-state index in [9.17, 15) is 19.5 Å². The number of fused-ring (bicyclic) bond motifs is 3. The molecule has 9 nitrogen and oxygen atoms in total. The number of para-hydroxylation sites is 1. The van der Waals surface area contributed by atoms with E-state index in [1.54, 1.807) is 4.90 Å². The molecule has 3 aromatic rings. The topological polar surface area (TPSA) is 138 Å². The Labute approximate surface area is 222 Å². The number of hydrogen-bond acceptors (Lipinski definition) is 6. The molecule has 5 N–H and O–H groups in total. The highest BCUT2D eigenvalue weighted by atomic mass is 16.5. The minimum atomic E-state index is -0.955. The zero-order chi connectivity index (χ0) is 27.1. The summed E-state index contributed by atoms with van der Waals surface area (Å²) in [6.45, 7) is 2.37. The van der Waals surface area contributed by atoms with E-state index >= 15 is 0 Å². The molecule has 2 amide bonds. The molecule has 0 spiro atoms. The first kappa shape index (κ1) is 27.3. The Bertz CT molecular complexity index is 1260. The summed E-state index contributed by atoms with van der Waals surface area (Å²) in [6, 6.07) is 15.8. The van der Waals surface area contributed by atoms with Crippen LogP contribution in [0.1, 0.15) is 49.4 Å². The van der Waals surface area contributed by atoms with Gasteiger partial charge in [-0.2, -0.15) is 0 Å². The SMILES string of the molecule is C[C@@H](O)[C@H](N)C(=O)NCCCCCC(=O)N1Cc2[nH]c3ccccc3c2C[C@H]1C(=O)OCc1ccccc1. The normalized spacial score (nSPS) is 16.5. The number of unbranched alkanes of at least 4 members (excludes halogenated alkanes) is 2. The van der Waals surface area contributed by atoms with Crippen molar-refractivity contribution in [3.8, 4) is 0 Å². The van der Waals surface area contributed by atoms with E-state index in [4.69, 9.17) is 10.5 Å². The number of nitrogens with one attached hydrogen (secondary N) is 2. The van der Waals surface area contributed by atoms with Gasteiger partial charge < -0.3 is 30.8 Å². The van der Waals surface area contributed by atoms with Gasteiger partial charge in [-0.15, -0.1) is 0 Å². The Morgan fingerprint density at radius 1 is 1.11 bits per heavy atom. The lowest BCUT2D eigenvalue weighted by atomic mass is 9.96. The second-order valence-electron chi connectivity index (χ2n) is 9.83. The summed E-state index contributed by atoms with van der Waals surface area (Å²) in [7, 11) is 0. The van der Waals surface area contributed by atoms with E-state index in [1.165, 1.54) is 6.92 Å². The maximum atomic E-state index is 13.3. The molecule has 202 valence electrons. The third-order valence-corrected chi connectivity index (χ3v) is 7.01. The maximum Gasteiger partial charge on any atom is 0.329 e. The van der Waals surface area contributed by atoms with Crippen LogP contribution in [0.3, 0.4) is 0 Å². The number of aromatic amines is 1. The number of H-pyrrole nitrogens is 1. The number of nitrogens with zero attached hydrogens (tertiary/aromatic N) is 1. The predicted octanol–water partition coefficient (Wildman–Crippen LogP) is 2.55. The first-order chi connectivity index (χ1) is 18.3. The van der Waals surface area contributed by atoms with Crippen LogP contribution in [-0.4, -0.2) is 57.5 Å². The van der Waals surface area contributed by atoms with Crippen molar-refractivity contribution in [3.63, 3.8) is 0 Å². The van der Waals surface area contributed by atoms with Crippen LogP contribution < -0.4 is 11.1 Å². The fourth-order valence-corrected chi connectivity index (χ4v) is 4.78. The van der Waals surface area contributed by atoms with E-state index in [1.807, 2.05) is 54.6 Å². The number of nitrogens with two attached hydrogens (primary N) is 1. The van der Waals surface area contributed by atoms with Gasteiger partial charge in [-0.3, -0.25) is 9.59 Å². The number of carbonyl (C=O) groups is 3. The van der Waals surface area contributed by atoms with Crippen molar-refractivity contribution in [2.24, 2.45) is 5.73 Å². The lowest BCUT2D eigenvalue weighted by molar-refractivity contribution is -0.157. The summed E-state index contributed by atoms with van der Waals surface area (Å²) < 4.78 is 5.66. The molecule has 0 aliphatic carbocycles. The summed E-state index contributed by atoms with van der Waals surface area (Å²) in [5.41, 5.74) is 9.50. The number of aliphatic hydroxyl groups excluding tert-OH is 1. The Balaban J connectivity index is 1.37. The van der Waals surface area contributed by atoms with Crippen LogP contribution in [0.25, 0.3) is 10.9 Å². The van der Waals surface area contributed by atoms with Crippen LogP contribution in [0, 0.1) is 0 Å². The van der Waals surface area contributed by atoms with Crippen molar-refractivity contribution in [2.75, 3.05) is 6.54 Å². The largest absolute Gasteiger partial charge is 0.459 e. The molecule has 2 heterocycles. The van der Waals surface area contributed by atoms with Gasteiger partial charge in [0.15, 0.2) is 0 Å². The van der Waals surface area contributed by atoms with Crippen molar-refractivity contribution in [1.29, 1.82) is 0 Å². The minimum absolute atomic E-state index is 0.101. The highest BCUT2D eigenvalue weighted by molar-refractivity contribution is 5.89. The summed E-state index contributed by atoms with van der Waals surface area (Å²) in [5.74, 6) is -0.901.